The quantitative estimate of drug-likeness (QED) is 0.786. The molecule has 4 rings (SSSR count). The number of nitrogens with one attached hydrogen (secondary N) is 2. The highest BCUT2D eigenvalue weighted by Crippen LogP contribution is 2.34. The highest BCUT2D eigenvalue weighted by molar-refractivity contribution is 5.96. The molecule has 0 bridgehead atoms. The minimum Gasteiger partial charge on any atom is -0.352 e. The van der Waals surface area contributed by atoms with Crippen molar-refractivity contribution in [3.05, 3.63) is 71.3 Å². The van der Waals surface area contributed by atoms with Gasteiger partial charge in [0.15, 0.2) is 0 Å². The number of rotatable bonds is 4. The maximum Gasteiger partial charge on any atom is 0.254 e. The normalized spacial score (nSPS) is 23.0. The first-order valence-corrected chi connectivity index (χ1v) is 10.3. The lowest BCUT2D eigenvalue weighted by Crippen LogP contribution is -2.39. The molecule has 31 heavy (non-hydrogen) atoms. The topological polar surface area (TPSA) is 78.5 Å². The molecule has 2 N–H and O–H groups in total. The van der Waals surface area contributed by atoms with E-state index in [1.54, 1.807) is 24.3 Å². The zero-order chi connectivity index (χ0) is 22.0. The van der Waals surface area contributed by atoms with Crippen LogP contribution < -0.4 is 10.6 Å². The number of carbonyl (C=O) groups is 3. The van der Waals surface area contributed by atoms with Crippen LogP contribution in [-0.4, -0.2) is 41.8 Å². The Balaban J connectivity index is 1.40. The van der Waals surface area contributed by atoms with Crippen LogP contribution in [-0.2, 0) is 16.1 Å². The molecule has 6 nitrogen and oxygen atoms in total. The van der Waals surface area contributed by atoms with Gasteiger partial charge in [-0.2, -0.15) is 0 Å². The molecule has 3 atom stereocenters. The number of benzene rings is 2. The molecule has 8 heteroatoms. The first-order chi connectivity index (χ1) is 14.9. The molecule has 3 amide bonds. The summed E-state index contributed by atoms with van der Waals surface area (Å²) in [4.78, 5) is 39.3. The van der Waals surface area contributed by atoms with E-state index in [-0.39, 0.29) is 54.3 Å². The molecule has 2 aliphatic rings. The van der Waals surface area contributed by atoms with E-state index in [1.165, 1.54) is 4.90 Å². The minimum absolute atomic E-state index is 0.0174. The van der Waals surface area contributed by atoms with Gasteiger partial charge in [-0.15, -0.1) is 0 Å². The highest BCUT2D eigenvalue weighted by atomic mass is 19.1. The van der Waals surface area contributed by atoms with Crippen molar-refractivity contribution in [3.63, 3.8) is 0 Å². The predicted octanol–water partition coefficient (Wildman–Crippen LogP) is 2.25. The molecule has 162 valence electrons. The SMILES string of the molecule is O=C1CN(C(=O)c2ccccc2)CC2CC(C(=O)NCc3cc(F)ccc3F)CC2N1. The number of hydrogen-bond acceptors (Lipinski definition) is 3. The maximum absolute atomic E-state index is 13.8. The van der Waals surface area contributed by atoms with Crippen molar-refractivity contribution in [1.82, 2.24) is 15.5 Å². The molecule has 2 fully saturated rings. The number of fused-ring (bicyclic) bond motifs is 1. The summed E-state index contributed by atoms with van der Waals surface area (Å²) in [5, 5.41) is 5.60. The second-order valence-corrected chi connectivity index (χ2v) is 8.11. The molecule has 1 aliphatic carbocycles. The van der Waals surface area contributed by atoms with E-state index in [4.69, 9.17) is 0 Å². The van der Waals surface area contributed by atoms with Crippen molar-refractivity contribution in [2.75, 3.05) is 13.1 Å². The second kappa shape index (κ2) is 8.83. The summed E-state index contributed by atoms with van der Waals surface area (Å²) >= 11 is 0. The first-order valence-electron chi connectivity index (χ1n) is 10.3. The smallest absolute Gasteiger partial charge is 0.254 e. The fourth-order valence-corrected chi connectivity index (χ4v) is 4.41. The number of nitrogens with zero attached hydrogens (tertiary/aromatic N) is 1. The molecule has 0 radical (unpaired) electrons. The maximum atomic E-state index is 13.8. The lowest BCUT2D eigenvalue weighted by molar-refractivity contribution is -0.126. The van der Waals surface area contributed by atoms with Crippen molar-refractivity contribution in [2.45, 2.75) is 25.4 Å². The van der Waals surface area contributed by atoms with Crippen molar-refractivity contribution < 1.29 is 23.2 Å². The van der Waals surface area contributed by atoms with E-state index >= 15 is 0 Å². The van der Waals surface area contributed by atoms with Gasteiger partial charge in [-0.05, 0) is 49.1 Å². The zero-order valence-electron chi connectivity index (χ0n) is 16.8. The highest BCUT2D eigenvalue weighted by Gasteiger charge is 2.42. The van der Waals surface area contributed by atoms with Crippen LogP contribution in [0.1, 0.15) is 28.8 Å². The van der Waals surface area contributed by atoms with Gasteiger partial charge in [0.1, 0.15) is 11.6 Å². The lowest BCUT2D eigenvalue weighted by atomic mass is 10.0. The van der Waals surface area contributed by atoms with E-state index in [0.717, 1.165) is 18.2 Å². The van der Waals surface area contributed by atoms with Crippen LogP contribution in [0.15, 0.2) is 48.5 Å². The Kier molecular flexibility index (Phi) is 5.97. The van der Waals surface area contributed by atoms with Crippen LogP contribution >= 0.6 is 0 Å². The monoisotopic (exact) mass is 427 g/mol. The molecule has 1 heterocycles. The summed E-state index contributed by atoms with van der Waals surface area (Å²) in [5.74, 6) is -2.32. The summed E-state index contributed by atoms with van der Waals surface area (Å²) in [5.41, 5.74) is 0.589. The Labute approximate surface area is 178 Å². The molecular formula is C23H23F2N3O3. The summed E-state index contributed by atoms with van der Waals surface area (Å²) in [7, 11) is 0. The third-order valence-electron chi connectivity index (χ3n) is 5.97. The molecule has 1 saturated heterocycles. The fraction of sp³-hybridized carbons (Fsp3) is 0.348. The zero-order valence-corrected chi connectivity index (χ0v) is 16.8. The molecule has 2 aromatic rings. The van der Waals surface area contributed by atoms with Crippen molar-refractivity contribution in [3.8, 4) is 0 Å². The van der Waals surface area contributed by atoms with Crippen LogP contribution in [0.5, 0.6) is 0 Å². The summed E-state index contributed by atoms with van der Waals surface area (Å²) in [6, 6.07) is 11.7. The molecule has 1 saturated carbocycles. The van der Waals surface area contributed by atoms with Gasteiger partial charge < -0.3 is 15.5 Å². The van der Waals surface area contributed by atoms with Crippen LogP contribution in [0.4, 0.5) is 8.78 Å². The predicted molar refractivity (Wildman–Crippen MR) is 109 cm³/mol. The van der Waals surface area contributed by atoms with Crippen molar-refractivity contribution >= 4 is 17.7 Å². The largest absolute Gasteiger partial charge is 0.352 e. The van der Waals surface area contributed by atoms with Gasteiger partial charge in [0.05, 0.1) is 6.54 Å². The molecular weight excluding hydrogens is 404 g/mol. The van der Waals surface area contributed by atoms with E-state index < -0.39 is 11.6 Å². The Hall–Kier alpha value is -3.29. The fourth-order valence-electron chi connectivity index (χ4n) is 4.41. The molecule has 3 unspecified atom stereocenters. The Bertz CT molecular complexity index is 999. The van der Waals surface area contributed by atoms with Gasteiger partial charge in [0.25, 0.3) is 5.91 Å². The van der Waals surface area contributed by atoms with E-state index in [9.17, 15) is 23.2 Å². The lowest BCUT2D eigenvalue weighted by Gasteiger charge is -2.23. The number of amides is 3. The summed E-state index contributed by atoms with van der Waals surface area (Å²) < 4.78 is 27.1. The van der Waals surface area contributed by atoms with Gasteiger partial charge in [0.2, 0.25) is 11.8 Å². The number of halogens is 2. The average molecular weight is 427 g/mol. The van der Waals surface area contributed by atoms with Gasteiger partial charge in [-0.25, -0.2) is 8.78 Å². The molecule has 0 spiro atoms. The third kappa shape index (κ3) is 4.73. The second-order valence-electron chi connectivity index (χ2n) is 8.11. The first kappa shape index (κ1) is 21.0. The Morgan fingerprint density at radius 2 is 1.87 bits per heavy atom. The Morgan fingerprint density at radius 1 is 1.10 bits per heavy atom. The van der Waals surface area contributed by atoms with Crippen molar-refractivity contribution in [2.24, 2.45) is 11.8 Å². The third-order valence-corrected chi connectivity index (χ3v) is 5.97. The van der Waals surface area contributed by atoms with Crippen LogP contribution in [0.3, 0.4) is 0 Å². The van der Waals surface area contributed by atoms with Gasteiger partial charge in [0, 0.05) is 36.2 Å². The van der Waals surface area contributed by atoms with Gasteiger partial charge in [-0.3, -0.25) is 14.4 Å². The molecule has 0 aromatic heterocycles. The molecule has 1 aliphatic heterocycles. The van der Waals surface area contributed by atoms with Crippen LogP contribution in [0, 0.1) is 23.5 Å². The van der Waals surface area contributed by atoms with Crippen LogP contribution in [0.25, 0.3) is 0 Å². The number of hydrogen-bond donors (Lipinski definition) is 2. The van der Waals surface area contributed by atoms with E-state index in [1.807, 2.05) is 6.07 Å². The number of carbonyl (C=O) groups excluding carboxylic acids is 3. The standard InChI is InChI=1S/C23H23F2N3O3/c24-18-6-7-19(25)16(9-18)11-26-22(30)15-8-17-12-28(13-21(29)27-20(17)10-15)23(31)14-4-2-1-3-5-14/h1-7,9,15,17,20H,8,10-13H2,(H,26,30)(H,27,29). The Morgan fingerprint density at radius 3 is 2.65 bits per heavy atom. The van der Waals surface area contributed by atoms with Gasteiger partial charge in [-0.1, -0.05) is 18.2 Å². The van der Waals surface area contributed by atoms with E-state index in [0.29, 0.717) is 24.9 Å². The molecule has 2 aromatic carbocycles. The average Bonchev–Trinajstić information content (AvgIpc) is 3.08. The van der Waals surface area contributed by atoms with Crippen LogP contribution in [0.2, 0.25) is 0 Å². The van der Waals surface area contributed by atoms with Gasteiger partial charge >= 0.3 is 0 Å². The minimum atomic E-state index is -0.583. The summed E-state index contributed by atoms with van der Waals surface area (Å²) in [6.07, 6.45) is 0.947. The van der Waals surface area contributed by atoms with Crippen molar-refractivity contribution in [1.29, 1.82) is 0 Å². The summed E-state index contributed by atoms with van der Waals surface area (Å²) in [6.45, 7) is 0.245. The van der Waals surface area contributed by atoms with E-state index in [2.05, 4.69) is 10.6 Å².